The second-order valence-corrected chi connectivity index (χ2v) is 23.4. The number of aryl methyl sites for hydroxylation is 2. The first kappa shape index (κ1) is 60.3. The number of aromatic carboxylic acids is 3. The first-order valence-corrected chi connectivity index (χ1v) is 33.2. The maximum absolute atomic E-state index is 12.8. The Morgan fingerprint density at radius 3 is 1.66 bits per heavy atom. The minimum absolute atomic E-state index is 0.000812. The molecule has 0 unspecified atom stereocenters. The number of phenolic OH excluding ortho intramolecular Hbond substituents is 1. The number of carbonyl (C=O) groups is 3. The van der Waals surface area contributed by atoms with E-state index in [1.165, 1.54) is 44.2 Å². The number of halogens is 2. The van der Waals surface area contributed by atoms with Crippen molar-refractivity contribution in [3.05, 3.63) is 101 Å². The Morgan fingerprint density at radius 1 is 0.622 bits per heavy atom. The van der Waals surface area contributed by atoms with Crippen LogP contribution < -0.4 is 47.7 Å². The number of aromatic hydroxyl groups is 1. The summed E-state index contributed by atoms with van der Waals surface area (Å²) in [6.07, 6.45) is 0. The Labute approximate surface area is 486 Å². The first-order chi connectivity index (χ1) is 38.8. The van der Waals surface area contributed by atoms with E-state index in [4.69, 9.17) is 19.3 Å². The van der Waals surface area contributed by atoms with Gasteiger partial charge >= 0.3 is 308 Å². The number of nitrogens with zero attached hydrogens (tertiary/aromatic N) is 8. The van der Waals surface area contributed by atoms with Gasteiger partial charge in [-0.05, 0) is 30.5 Å². The van der Waals surface area contributed by atoms with E-state index in [1.807, 2.05) is 18.6 Å². The average Bonchev–Trinajstić information content (AvgIpc) is 3.37. The second kappa shape index (κ2) is 25.1. The molecule has 0 saturated heterocycles. The van der Waals surface area contributed by atoms with E-state index in [0.717, 1.165) is 42.5 Å². The van der Waals surface area contributed by atoms with E-state index in [-0.39, 0.29) is 118 Å². The number of nitrogens with one attached hydrogen (secondary N) is 4. The molecule has 0 amide bonds. The minimum atomic E-state index is -4.99. The predicted molar refractivity (Wildman–Crippen MR) is 290 cm³/mol. The standard InChI is InChI=1S/C43H32I2N13O20S4/c1-15-47-40(55-42(49-15)53-27-13-21(81(68,69)70)7-18-10-29(79-77-75-66)33(46)35(59)31(18)27)51-20-4-6-25(24(12-20)39(64)65)52-41-48-16(2)50-43(56-41)54-28-14-22(82(71,72)73)8-19-11-30(80-78-76-67)34(36(32(19)28)74-45-44)58-57-26-9-17(37(60)61)3-5-23(26)38(62)63/h3-14,59,66-67H,46H2,1-2H3,(H,60,61)(H,62,63)(H,64,65)(H,68,69,70)(H,71,72,73)(H2,47,49,51,53,55)(H2,48,50,52,54,56)/q-1. The van der Waals surface area contributed by atoms with Crippen LogP contribution in [0.2, 0.25) is 0 Å². The van der Waals surface area contributed by atoms with Gasteiger partial charge in [0.2, 0.25) is 11.9 Å². The Hall–Kier alpha value is -7.79. The quantitative estimate of drug-likeness (QED) is 0.00523. The normalized spacial score (nSPS) is 11.8. The molecule has 0 aliphatic heterocycles. The number of carboxylic acid groups (broad SMARTS) is 3. The number of phenols is 1. The Balaban J connectivity index is 1.14. The zero-order chi connectivity index (χ0) is 59.4. The van der Waals surface area contributed by atoms with Crippen molar-refractivity contribution in [2.24, 2.45) is 10.2 Å². The molecule has 2 heterocycles. The molecule has 33 nitrogen and oxygen atoms in total. The number of aromatic nitrogens is 6. The predicted octanol–water partition coefficient (Wildman–Crippen LogP) is 5.83. The van der Waals surface area contributed by atoms with Crippen molar-refractivity contribution in [3.8, 4) is 11.5 Å². The minimum Gasteiger partial charge on any atom is -0.505 e. The van der Waals surface area contributed by atoms with Crippen LogP contribution in [0.4, 0.5) is 63.6 Å². The molecule has 6 aromatic carbocycles. The molecule has 0 bridgehead atoms. The molecule has 39 heteroatoms. The van der Waals surface area contributed by atoms with E-state index in [0.29, 0.717) is 24.1 Å². The van der Waals surface area contributed by atoms with E-state index in [2.05, 4.69) is 80.1 Å². The second-order valence-electron chi connectivity index (χ2n) is 16.0. The Kier molecular flexibility index (Phi) is 18.5. The van der Waals surface area contributed by atoms with Crippen LogP contribution >= 0.6 is 42.7 Å². The SMILES string of the molecule is Cc1nc(Nc2ccc(Nc3nc(C)nc(Nc4cc(S(=O)(=O)O)cc5cc(SOOO)c(N=Nc6cc(C(=O)O)ccc6C(=O)O)c(O[I-]I)c45)n3)c(C(=O)O)c2)nc(Nc2cc(S(=O)(=O)O)cc3cc(SOOO)c(N)c(O)c23)n1. The first-order valence-electron chi connectivity index (χ1n) is 21.7. The number of nitrogens with two attached hydrogens (primary N) is 1. The molecule has 0 spiro atoms. The topological polar surface area (TPSA) is 504 Å². The maximum atomic E-state index is 12.8. The molecular formula is C43H32I2N13O20S4-. The monoisotopic (exact) mass is 1430 g/mol. The van der Waals surface area contributed by atoms with Gasteiger partial charge in [-0.25, -0.2) is 10.1 Å². The van der Waals surface area contributed by atoms with Gasteiger partial charge in [0.25, 0.3) is 10.1 Å². The molecule has 8 rings (SSSR count). The van der Waals surface area contributed by atoms with E-state index in [9.17, 15) is 60.8 Å². The third-order valence-electron chi connectivity index (χ3n) is 10.8. The molecule has 82 heavy (non-hydrogen) atoms. The molecule has 0 atom stereocenters. The zero-order valence-electron chi connectivity index (χ0n) is 40.4. The van der Waals surface area contributed by atoms with Crippen molar-refractivity contribution in [1.29, 1.82) is 0 Å². The number of hydrogen-bond acceptors (Lipinski definition) is 30. The van der Waals surface area contributed by atoms with Gasteiger partial charge in [-0.3, -0.25) is 4.55 Å². The van der Waals surface area contributed by atoms with Crippen LogP contribution in [0.15, 0.2) is 103 Å². The fourth-order valence-electron chi connectivity index (χ4n) is 7.48. The van der Waals surface area contributed by atoms with E-state index in [1.54, 1.807) is 0 Å². The summed E-state index contributed by atoms with van der Waals surface area (Å²) in [6, 6.07) is 13.4. The zero-order valence-corrected chi connectivity index (χ0v) is 48.0. The third-order valence-corrected chi connectivity index (χ3v) is 15.4. The van der Waals surface area contributed by atoms with Gasteiger partial charge in [0.05, 0.1) is 33.2 Å². The summed E-state index contributed by atoms with van der Waals surface area (Å²) in [5.41, 5.74) is 3.65. The van der Waals surface area contributed by atoms with Gasteiger partial charge in [-0.15, -0.1) is 4.33 Å². The van der Waals surface area contributed by atoms with Crippen LogP contribution in [0.1, 0.15) is 42.7 Å². The Morgan fingerprint density at radius 2 is 1.13 bits per heavy atom. The molecule has 428 valence electrons. The molecule has 2 aromatic heterocycles. The van der Waals surface area contributed by atoms with Crippen LogP contribution in [0.3, 0.4) is 0 Å². The smallest absolute Gasteiger partial charge is 0.505 e. The summed E-state index contributed by atoms with van der Waals surface area (Å²) in [5, 5.41) is 85.5. The van der Waals surface area contributed by atoms with Gasteiger partial charge in [0.1, 0.15) is 11.6 Å². The molecule has 0 radical (unpaired) electrons. The molecule has 0 aliphatic rings. The van der Waals surface area contributed by atoms with Crippen LogP contribution in [-0.2, 0) is 39.0 Å². The number of rotatable bonds is 23. The van der Waals surface area contributed by atoms with Crippen molar-refractivity contribution in [2.75, 3.05) is 27.0 Å². The molecule has 0 fully saturated rings. The summed E-state index contributed by atoms with van der Waals surface area (Å²) in [4.78, 5) is 61.0. The number of fused-ring (bicyclic) bond motifs is 2. The third kappa shape index (κ3) is 13.9. The van der Waals surface area contributed by atoms with Crippen molar-refractivity contribution >= 4 is 166 Å². The summed E-state index contributed by atoms with van der Waals surface area (Å²) in [6.45, 7) is 2.90. The fraction of sp³-hybridized carbons (Fsp3) is 0.0465. The van der Waals surface area contributed by atoms with Crippen molar-refractivity contribution < 1.29 is 111 Å². The number of hydrogen-bond donors (Lipinski definition) is 13. The Bertz CT molecular complexity index is 4200. The van der Waals surface area contributed by atoms with Crippen molar-refractivity contribution in [3.63, 3.8) is 0 Å². The molecular weight excluding hydrogens is 1400 g/mol. The number of carboxylic acids is 3. The molecule has 0 saturated carbocycles. The van der Waals surface area contributed by atoms with Crippen LogP contribution in [0, 0.1) is 13.8 Å². The number of anilines is 9. The molecule has 8 aromatic rings. The summed E-state index contributed by atoms with van der Waals surface area (Å²) >= 11 is 1.33. The van der Waals surface area contributed by atoms with Crippen LogP contribution in [-0.4, -0.2) is 105 Å². The summed E-state index contributed by atoms with van der Waals surface area (Å²) < 4.78 is 85.5. The van der Waals surface area contributed by atoms with Crippen molar-refractivity contribution in [1.82, 2.24) is 29.9 Å². The number of azo groups is 1. The van der Waals surface area contributed by atoms with Crippen molar-refractivity contribution in [2.45, 2.75) is 33.4 Å². The van der Waals surface area contributed by atoms with E-state index < -0.39 is 82.6 Å². The van der Waals surface area contributed by atoms with Crippen LogP contribution in [0.5, 0.6) is 11.5 Å². The van der Waals surface area contributed by atoms with Crippen LogP contribution in [0.25, 0.3) is 21.5 Å². The molecule has 0 aliphatic carbocycles. The summed E-state index contributed by atoms with van der Waals surface area (Å²) in [7, 11) is -9.85. The van der Waals surface area contributed by atoms with Gasteiger partial charge in [0, 0.05) is 11.1 Å². The van der Waals surface area contributed by atoms with Gasteiger partial charge < -0.3 is 26.6 Å². The van der Waals surface area contributed by atoms with Gasteiger partial charge in [-0.1, -0.05) is 5.04 Å². The van der Waals surface area contributed by atoms with Gasteiger partial charge in [-0.2, -0.15) is 23.4 Å². The summed E-state index contributed by atoms with van der Waals surface area (Å²) in [5.74, 6) is -6.01. The number of nitrogen functional groups attached to an aromatic ring is 1. The fourth-order valence-corrected chi connectivity index (χ4v) is 11.2. The number of benzene rings is 6. The molecule has 14 N–H and O–H groups in total. The average molecular weight is 1430 g/mol. The van der Waals surface area contributed by atoms with E-state index >= 15 is 0 Å². The van der Waals surface area contributed by atoms with Gasteiger partial charge in [0.15, 0.2) is 0 Å².